The normalized spacial score (nSPS) is 13.2. The third-order valence-electron chi connectivity index (χ3n) is 4.33. The van der Waals surface area contributed by atoms with Crippen molar-refractivity contribution in [1.82, 2.24) is 0 Å². The van der Waals surface area contributed by atoms with E-state index in [4.69, 9.17) is 23.1 Å². The molecular weight excluding hydrogens is 352 g/mol. The van der Waals surface area contributed by atoms with Crippen LogP contribution in [-0.2, 0) is 10.4 Å². The fraction of sp³-hybridized carbons (Fsp3) is 0.300. The largest absolute Gasteiger partial charge is 0.372 e. The van der Waals surface area contributed by atoms with Gasteiger partial charge in [0.2, 0.25) is 0 Å². The summed E-state index contributed by atoms with van der Waals surface area (Å²) < 4.78 is 0. The second-order valence-electron chi connectivity index (χ2n) is 6.15. The Morgan fingerprint density at radius 1 is 1.04 bits per heavy atom. The Morgan fingerprint density at radius 3 is 2.35 bits per heavy atom. The molecule has 0 fully saturated rings. The van der Waals surface area contributed by atoms with Gasteiger partial charge in [0, 0.05) is 22.6 Å². The number of unbranched alkanes of at least 4 members (excludes halogenated alkanes) is 2. The van der Waals surface area contributed by atoms with E-state index in [2.05, 4.69) is 0 Å². The summed E-state index contributed by atoms with van der Waals surface area (Å²) in [6.45, 7) is 0.575. The summed E-state index contributed by atoms with van der Waals surface area (Å²) in [7, 11) is 0. The van der Waals surface area contributed by atoms with Gasteiger partial charge < -0.3 is 16.6 Å². The number of benzene rings is 2. The second kappa shape index (κ2) is 8.94. The molecule has 0 aliphatic carbocycles. The van der Waals surface area contributed by atoms with Gasteiger partial charge in [-0.3, -0.25) is 9.59 Å². The Labute approximate surface area is 158 Å². The van der Waals surface area contributed by atoms with Crippen LogP contribution in [0.25, 0.3) is 0 Å². The number of hydrogen-bond acceptors (Lipinski definition) is 4. The van der Waals surface area contributed by atoms with Crippen molar-refractivity contribution in [3.63, 3.8) is 0 Å². The van der Waals surface area contributed by atoms with Gasteiger partial charge in [-0.1, -0.05) is 54.4 Å². The Bertz CT molecular complexity index is 780. The first-order chi connectivity index (χ1) is 12.4. The zero-order chi connectivity index (χ0) is 19.2. The molecule has 0 aliphatic rings. The van der Waals surface area contributed by atoms with Crippen LogP contribution in [0.4, 0.5) is 0 Å². The maximum absolute atomic E-state index is 12.7. The van der Waals surface area contributed by atoms with E-state index >= 15 is 0 Å². The van der Waals surface area contributed by atoms with Crippen LogP contribution in [0.3, 0.4) is 0 Å². The van der Waals surface area contributed by atoms with Crippen LogP contribution in [0.1, 0.15) is 47.2 Å². The van der Waals surface area contributed by atoms with Crippen molar-refractivity contribution in [1.29, 1.82) is 0 Å². The Hall–Kier alpha value is -2.21. The molecule has 26 heavy (non-hydrogen) atoms. The predicted octanol–water partition coefficient (Wildman–Crippen LogP) is 2.76. The highest BCUT2D eigenvalue weighted by atomic mass is 35.5. The number of ketones is 1. The molecule has 0 saturated heterocycles. The molecule has 0 spiro atoms. The zero-order valence-electron chi connectivity index (χ0n) is 14.5. The van der Waals surface area contributed by atoms with Crippen molar-refractivity contribution in [2.45, 2.75) is 31.3 Å². The maximum Gasteiger partial charge on any atom is 0.258 e. The molecule has 1 atom stereocenters. The molecule has 0 saturated carbocycles. The van der Waals surface area contributed by atoms with E-state index in [9.17, 15) is 14.7 Å². The number of halogens is 1. The number of Topliss-reactive ketones (excluding diaryl/α,β-unsaturated/α-hetero) is 1. The molecule has 2 aromatic carbocycles. The van der Waals surface area contributed by atoms with Crippen LogP contribution in [0, 0.1) is 0 Å². The Morgan fingerprint density at radius 2 is 1.73 bits per heavy atom. The highest BCUT2D eigenvalue weighted by Gasteiger charge is 2.40. The first-order valence-corrected chi connectivity index (χ1v) is 8.90. The van der Waals surface area contributed by atoms with Crippen molar-refractivity contribution >= 4 is 23.3 Å². The summed E-state index contributed by atoms with van der Waals surface area (Å²) in [6.07, 6.45) is 2.61. The van der Waals surface area contributed by atoms with E-state index in [0.29, 0.717) is 23.6 Å². The molecule has 0 heterocycles. The van der Waals surface area contributed by atoms with Gasteiger partial charge >= 0.3 is 0 Å². The van der Waals surface area contributed by atoms with E-state index in [1.807, 2.05) is 0 Å². The molecule has 2 rings (SSSR count). The molecule has 1 amide bonds. The number of amides is 1. The second-order valence-corrected chi connectivity index (χ2v) is 6.59. The summed E-state index contributed by atoms with van der Waals surface area (Å²) in [5.41, 5.74) is 9.53. The van der Waals surface area contributed by atoms with Gasteiger partial charge in [0.15, 0.2) is 11.4 Å². The molecule has 0 aliphatic heterocycles. The summed E-state index contributed by atoms with van der Waals surface area (Å²) in [4.78, 5) is 24.9. The summed E-state index contributed by atoms with van der Waals surface area (Å²) >= 11 is 6.05. The summed E-state index contributed by atoms with van der Waals surface area (Å²) in [5.74, 6) is -1.15. The number of carbonyl (C=O) groups excluding carboxylic acids is 2. The van der Waals surface area contributed by atoms with Crippen LogP contribution < -0.4 is 11.5 Å². The van der Waals surface area contributed by atoms with Crippen molar-refractivity contribution < 1.29 is 14.7 Å². The molecule has 0 bridgehead atoms. The lowest BCUT2D eigenvalue weighted by Gasteiger charge is -2.28. The van der Waals surface area contributed by atoms with E-state index in [1.54, 1.807) is 30.3 Å². The van der Waals surface area contributed by atoms with Crippen LogP contribution in [0.15, 0.2) is 48.5 Å². The molecule has 2 aromatic rings. The highest BCUT2D eigenvalue weighted by Crippen LogP contribution is 2.34. The molecular formula is C20H23ClN2O3. The van der Waals surface area contributed by atoms with Crippen molar-refractivity contribution in [3.05, 3.63) is 70.2 Å². The van der Waals surface area contributed by atoms with Gasteiger partial charge in [-0.15, -0.1) is 0 Å². The van der Waals surface area contributed by atoms with Gasteiger partial charge in [-0.25, -0.2) is 0 Å². The summed E-state index contributed by atoms with van der Waals surface area (Å²) in [6, 6.07) is 12.8. The van der Waals surface area contributed by atoms with Gasteiger partial charge in [-0.05, 0) is 37.1 Å². The molecule has 0 aromatic heterocycles. The predicted molar refractivity (Wildman–Crippen MR) is 102 cm³/mol. The molecule has 138 valence electrons. The average molecular weight is 375 g/mol. The van der Waals surface area contributed by atoms with Gasteiger partial charge in [0.05, 0.1) is 0 Å². The van der Waals surface area contributed by atoms with Crippen molar-refractivity contribution in [2.75, 3.05) is 6.54 Å². The van der Waals surface area contributed by atoms with Crippen LogP contribution in [0.2, 0.25) is 5.02 Å². The van der Waals surface area contributed by atoms with Crippen molar-refractivity contribution in [2.24, 2.45) is 11.5 Å². The average Bonchev–Trinajstić information content (AvgIpc) is 2.65. The van der Waals surface area contributed by atoms with E-state index in [0.717, 1.165) is 12.8 Å². The van der Waals surface area contributed by atoms with E-state index < -0.39 is 11.5 Å². The minimum atomic E-state index is -2.12. The third-order valence-corrected chi connectivity index (χ3v) is 4.56. The number of carbonyl (C=O) groups is 2. The maximum atomic E-state index is 12.7. The number of nitrogens with two attached hydrogens (primary N) is 2. The molecule has 5 N–H and O–H groups in total. The topological polar surface area (TPSA) is 106 Å². The number of rotatable bonds is 9. The number of aliphatic hydroxyl groups is 1. The fourth-order valence-electron chi connectivity index (χ4n) is 2.91. The molecule has 5 nitrogen and oxygen atoms in total. The van der Waals surface area contributed by atoms with Gasteiger partial charge in [0.1, 0.15) is 0 Å². The lowest BCUT2D eigenvalue weighted by Crippen LogP contribution is -2.43. The smallest absolute Gasteiger partial charge is 0.258 e. The first kappa shape index (κ1) is 20.1. The van der Waals surface area contributed by atoms with Gasteiger partial charge in [0.25, 0.3) is 5.91 Å². The van der Waals surface area contributed by atoms with E-state index in [-0.39, 0.29) is 23.3 Å². The standard InChI is InChI=1S/C20H23ClN2O3/c21-15-10-11-17(16(13-15)18(24)9-5-2-6-12-22)20(26,19(23)25)14-7-3-1-4-8-14/h1,3-4,7-8,10-11,13,26H,2,5-6,9,12,22H2,(H2,23,25). The molecule has 6 heteroatoms. The lowest BCUT2D eigenvalue weighted by atomic mass is 9.81. The molecule has 0 radical (unpaired) electrons. The highest BCUT2D eigenvalue weighted by molar-refractivity contribution is 6.31. The SMILES string of the molecule is NCCCCCC(=O)c1cc(Cl)ccc1C(O)(C(N)=O)c1ccccc1. The number of hydrogen-bond donors (Lipinski definition) is 3. The first-order valence-electron chi connectivity index (χ1n) is 8.52. The minimum absolute atomic E-state index is 0.143. The van der Waals surface area contributed by atoms with Gasteiger partial charge in [-0.2, -0.15) is 0 Å². The Balaban J connectivity index is 2.47. The zero-order valence-corrected chi connectivity index (χ0v) is 15.2. The lowest BCUT2D eigenvalue weighted by molar-refractivity contribution is -0.133. The van der Waals surface area contributed by atoms with Crippen LogP contribution in [0.5, 0.6) is 0 Å². The van der Waals surface area contributed by atoms with E-state index in [1.165, 1.54) is 18.2 Å². The quantitative estimate of drug-likeness (QED) is 0.463. The Kier molecular flexibility index (Phi) is 6.91. The fourth-order valence-corrected chi connectivity index (χ4v) is 3.09. The van der Waals surface area contributed by atoms with Crippen LogP contribution >= 0.6 is 11.6 Å². The molecule has 1 unspecified atom stereocenters. The minimum Gasteiger partial charge on any atom is -0.372 e. The third kappa shape index (κ3) is 4.30. The number of primary amides is 1. The van der Waals surface area contributed by atoms with Crippen molar-refractivity contribution in [3.8, 4) is 0 Å². The van der Waals surface area contributed by atoms with Crippen LogP contribution in [-0.4, -0.2) is 23.3 Å². The summed E-state index contributed by atoms with van der Waals surface area (Å²) in [5, 5.41) is 11.5. The monoisotopic (exact) mass is 374 g/mol.